The molecule has 0 aromatic heterocycles. The lowest BCUT2D eigenvalue weighted by Gasteiger charge is -2.16. The zero-order valence-corrected chi connectivity index (χ0v) is 22.0. The number of hydrogen-bond donors (Lipinski definition) is 1. The number of ether oxygens (including phenoxy) is 1. The Hall–Kier alpha value is -2.86. The lowest BCUT2D eigenvalue weighted by Crippen LogP contribution is -2.25. The molecule has 0 bridgehead atoms. The Kier molecular flexibility index (Phi) is 10.6. The summed E-state index contributed by atoms with van der Waals surface area (Å²) in [5.74, 6) is -1.32. The monoisotopic (exact) mass is 513 g/mol. The number of Topliss-reactive ketones (excluding diaryl/α,β-unsaturated/α-hetero) is 1. The Labute approximate surface area is 218 Å². The van der Waals surface area contributed by atoms with Crippen molar-refractivity contribution in [1.82, 2.24) is 5.32 Å². The average Bonchev–Trinajstić information content (AvgIpc) is 2.89. The van der Waals surface area contributed by atoms with E-state index < -0.39 is 12.1 Å². The molecule has 3 nitrogen and oxygen atoms in total. The number of alkyl halides is 3. The molecule has 200 valence electrons. The number of halogens is 3. The van der Waals surface area contributed by atoms with Gasteiger partial charge in [0.1, 0.15) is 17.7 Å². The maximum Gasteiger partial charge on any atom is 0.273 e. The molecule has 0 aliphatic rings. The zero-order chi connectivity index (χ0) is 26.8. The summed E-state index contributed by atoms with van der Waals surface area (Å²) in [5.41, 5.74) is 0.638. The van der Waals surface area contributed by atoms with Gasteiger partial charge in [0.25, 0.3) is 5.92 Å². The summed E-state index contributed by atoms with van der Waals surface area (Å²) in [5, 5.41) is 4.86. The molecule has 0 spiro atoms. The van der Waals surface area contributed by atoms with E-state index in [-0.39, 0.29) is 17.8 Å². The van der Waals surface area contributed by atoms with Crippen LogP contribution in [0, 0.1) is 5.92 Å². The Bertz CT molecular complexity index is 1150. The second kappa shape index (κ2) is 13.6. The van der Waals surface area contributed by atoms with Crippen LogP contribution in [0.1, 0.15) is 75.2 Å². The summed E-state index contributed by atoms with van der Waals surface area (Å²) in [6, 6.07) is 17.1. The molecule has 1 N–H and O–H groups in total. The maximum atomic E-state index is 14.2. The van der Waals surface area contributed by atoms with E-state index in [4.69, 9.17) is 4.74 Å². The van der Waals surface area contributed by atoms with E-state index in [2.05, 4.69) is 12.2 Å². The minimum atomic E-state index is -2.85. The molecule has 0 amide bonds. The van der Waals surface area contributed by atoms with Gasteiger partial charge in [-0.2, -0.15) is 0 Å². The van der Waals surface area contributed by atoms with Gasteiger partial charge in [-0.1, -0.05) is 45.4 Å². The third-order valence-corrected chi connectivity index (χ3v) is 6.72. The molecule has 0 radical (unpaired) electrons. The fraction of sp³-hybridized carbons (Fsp3) is 0.452. The molecule has 0 saturated carbocycles. The first-order chi connectivity index (χ1) is 17.7. The van der Waals surface area contributed by atoms with E-state index in [9.17, 15) is 18.0 Å². The summed E-state index contributed by atoms with van der Waals surface area (Å²) < 4.78 is 47.6. The van der Waals surface area contributed by atoms with Gasteiger partial charge in [-0.05, 0) is 79.6 Å². The van der Waals surface area contributed by atoms with Crippen LogP contribution >= 0.6 is 0 Å². The Morgan fingerprint density at radius 2 is 1.78 bits per heavy atom. The minimum absolute atomic E-state index is 0.0155. The fourth-order valence-electron chi connectivity index (χ4n) is 4.29. The van der Waals surface area contributed by atoms with E-state index in [1.807, 2.05) is 43.3 Å². The molecule has 1 unspecified atom stereocenters. The van der Waals surface area contributed by atoms with Crippen molar-refractivity contribution in [2.24, 2.45) is 5.92 Å². The maximum absolute atomic E-state index is 14.2. The van der Waals surface area contributed by atoms with Gasteiger partial charge >= 0.3 is 0 Å². The van der Waals surface area contributed by atoms with Crippen LogP contribution < -0.4 is 10.1 Å². The summed E-state index contributed by atoms with van der Waals surface area (Å²) >= 11 is 0. The van der Waals surface area contributed by atoms with Crippen LogP contribution in [0.2, 0.25) is 0 Å². The fourth-order valence-corrected chi connectivity index (χ4v) is 4.29. The van der Waals surface area contributed by atoms with Crippen molar-refractivity contribution < 1.29 is 22.7 Å². The first kappa shape index (κ1) is 28.7. The lowest BCUT2D eigenvalue weighted by molar-refractivity contribution is -0.0140. The van der Waals surface area contributed by atoms with Gasteiger partial charge in [0, 0.05) is 35.9 Å². The predicted octanol–water partition coefficient (Wildman–Crippen LogP) is 8.85. The molecule has 6 heteroatoms. The van der Waals surface area contributed by atoms with Crippen LogP contribution in [0.5, 0.6) is 11.5 Å². The van der Waals surface area contributed by atoms with E-state index in [1.165, 1.54) is 12.1 Å². The number of benzene rings is 3. The van der Waals surface area contributed by atoms with Crippen LogP contribution in [-0.4, -0.2) is 25.0 Å². The smallest absolute Gasteiger partial charge is 0.273 e. The van der Waals surface area contributed by atoms with Gasteiger partial charge in [-0.25, -0.2) is 13.2 Å². The molecule has 0 heterocycles. The molecule has 0 aliphatic heterocycles. The molecule has 3 aromatic carbocycles. The van der Waals surface area contributed by atoms with Gasteiger partial charge in [0.05, 0.1) is 0 Å². The van der Waals surface area contributed by atoms with Gasteiger partial charge < -0.3 is 10.1 Å². The largest absolute Gasteiger partial charge is 0.457 e. The van der Waals surface area contributed by atoms with E-state index in [0.717, 1.165) is 30.2 Å². The standard InChI is InChI=1S/C31H38F3NO2/c1-4-18-31(33,34)25-11-13-27(14-12-25)37-30-8-6-7-23-20-24(10-15-28(23)30)29(36)16-9-22(3)17-19-35-21-26(32)5-2/h6-8,10-15,20,22,26,35H,4-5,9,16-19,21H2,1-3H3/t22-,26?/m0/s1. The van der Waals surface area contributed by atoms with Crippen molar-refractivity contribution in [1.29, 1.82) is 0 Å². The highest BCUT2D eigenvalue weighted by Crippen LogP contribution is 2.35. The van der Waals surface area contributed by atoms with Crippen LogP contribution in [0.25, 0.3) is 10.8 Å². The molecule has 0 aliphatic carbocycles. The number of hydrogen-bond acceptors (Lipinski definition) is 3. The van der Waals surface area contributed by atoms with Crippen LogP contribution in [0.15, 0.2) is 60.7 Å². The second-order valence-corrected chi connectivity index (χ2v) is 9.84. The molecular weight excluding hydrogens is 475 g/mol. The van der Waals surface area contributed by atoms with Gasteiger partial charge in [0.2, 0.25) is 0 Å². The molecule has 3 rings (SSSR count). The van der Waals surface area contributed by atoms with Crippen molar-refractivity contribution in [3.05, 3.63) is 71.8 Å². The predicted molar refractivity (Wildman–Crippen MR) is 145 cm³/mol. The Balaban J connectivity index is 1.60. The van der Waals surface area contributed by atoms with Crippen LogP contribution in [0.3, 0.4) is 0 Å². The molecular formula is C31H38F3NO2. The number of nitrogens with one attached hydrogen (secondary N) is 1. The first-order valence-electron chi connectivity index (χ1n) is 13.3. The van der Waals surface area contributed by atoms with Crippen molar-refractivity contribution in [2.75, 3.05) is 13.1 Å². The lowest BCUT2D eigenvalue weighted by atomic mass is 9.96. The highest BCUT2D eigenvalue weighted by molar-refractivity contribution is 6.01. The quantitative estimate of drug-likeness (QED) is 0.163. The third-order valence-electron chi connectivity index (χ3n) is 6.72. The van der Waals surface area contributed by atoms with E-state index >= 15 is 0 Å². The normalized spacial score (nSPS) is 13.5. The SMILES string of the molecule is CCCC(F)(F)c1ccc(Oc2cccc3cc(C(=O)CC[C@H](C)CCNCC(F)CC)ccc23)cc1. The van der Waals surface area contributed by atoms with Gasteiger partial charge in [-0.15, -0.1) is 0 Å². The molecule has 0 fully saturated rings. The first-order valence-corrected chi connectivity index (χ1v) is 13.3. The van der Waals surface area contributed by atoms with Crippen molar-refractivity contribution in [2.45, 2.75) is 71.4 Å². The van der Waals surface area contributed by atoms with E-state index in [0.29, 0.717) is 48.8 Å². The zero-order valence-electron chi connectivity index (χ0n) is 22.0. The Morgan fingerprint density at radius 3 is 2.49 bits per heavy atom. The number of carbonyl (C=O) groups excluding carboxylic acids is 1. The Morgan fingerprint density at radius 1 is 1.03 bits per heavy atom. The van der Waals surface area contributed by atoms with Gasteiger partial charge in [0.15, 0.2) is 5.78 Å². The van der Waals surface area contributed by atoms with Crippen molar-refractivity contribution in [3.63, 3.8) is 0 Å². The summed E-state index contributed by atoms with van der Waals surface area (Å²) in [6.45, 7) is 6.82. The van der Waals surface area contributed by atoms with Crippen LogP contribution in [0.4, 0.5) is 13.2 Å². The second-order valence-electron chi connectivity index (χ2n) is 9.84. The average molecular weight is 514 g/mol. The highest BCUT2D eigenvalue weighted by atomic mass is 19.3. The third kappa shape index (κ3) is 8.32. The number of carbonyl (C=O) groups is 1. The van der Waals surface area contributed by atoms with Crippen LogP contribution in [-0.2, 0) is 5.92 Å². The summed E-state index contributed by atoms with van der Waals surface area (Å²) in [6.07, 6.45) is 2.07. The number of rotatable bonds is 15. The number of ketones is 1. The molecule has 0 saturated heterocycles. The van der Waals surface area contributed by atoms with Crippen molar-refractivity contribution >= 4 is 16.6 Å². The highest BCUT2D eigenvalue weighted by Gasteiger charge is 2.29. The van der Waals surface area contributed by atoms with E-state index in [1.54, 1.807) is 19.1 Å². The van der Waals surface area contributed by atoms with Crippen molar-refractivity contribution in [3.8, 4) is 11.5 Å². The summed E-state index contributed by atoms with van der Waals surface area (Å²) in [7, 11) is 0. The topological polar surface area (TPSA) is 38.3 Å². The minimum Gasteiger partial charge on any atom is -0.457 e. The summed E-state index contributed by atoms with van der Waals surface area (Å²) in [4.78, 5) is 12.8. The number of fused-ring (bicyclic) bond motifs is 1. The molecule has 3 aromatic rings. The molecule has 2 atom stereocenters. The molecule has 37 heavy (non-hydrogen) atoms. The van der Waals surface area contributed by atoms with Gasteiger partial charge in [-0.3, -0.25) is 4.79 Å².